The van der Waals surface area contributed by atoms with Crippen molar-refractivity contribution in [2.24, 2.45) is 0 Å². The lowest BCUT2D eigenvalue weighted by Gasteiger charge is -2.39. The van der Waals surface area contributed by atoms with Crippen LogP contribution in [0.3, 0.4) is 0 Å². The SMILES string of the molecule is Cc1cnc2c(C(=O)N3CCN(C)C(=O)[C@H]3Cc3ccccc3-c3ccccc3)cnn2c1. The van der Waals surface area contributed by atoms with Crippen LogP contribution in [0.25, 0.3) is 16.8 Å². The van der Waals surface area contributed by atoms with E-state index in [4.69, 9.17) is 0 Å². The van der Waals surface area contributed by atoms with Gasteiger partial charge in [-0.05, 0) is 29.2 Å². The number of piperazine rings is 1. The van der Waals surface area contributed by atoms with Gasteiger partial charge in [-0.3, -0.25) is 9.59 Å². The van der Waals surface area contributed by atoms with Crippen LogP contribution < -0.4 is 0 Å². The van der Waals surface area contributed by atoms with Crippen LogP contribution in [0.2, 0.25) is 0 Å². The first-order valence-electron chi connectivity index (χ1n) is 11.0. The van der Waals surface area contributed by atoms with E-state index in [1.807, 2.05) is 49.5 Å². The normalized spacial score (nSPS) is 16.4. The first kappa shape index (κ1) is 20.9. The minimum Gasteiger partial charge on any atom is -0.342 e. The summed E-state index contributed by atoms with van der Waals surface area (Å²) >= 11 is 0. The number of fused-ring (bicyclic) bond motifs is 1. The zero-order valence-electron chi connectivity index (χ0n) is 18.7. The van der Waals surface area contributed by atoms with Gasteiger partial charge >= 0.3 is 0 Å². The van der Waals surface area contributed by atoms with E-state index >= 15 is 0 Å². The third kappa shape index (κ3) is 3.86. The van der Waals surface area contributed by atoms with E-state index in [1.54, 1.807) is 33.8 Å². The van der Waals surface area contributed by atoms with Crippen molar-refractivity contribution in [3.63, 3.8) is 0 Å². The summed E-state index contributed by atoms with van der Waals surface area (Å²) in [5, 5.41) is 4.30. The maximum Gasteiger partial charge on any atom is 0.260 e. The van der Waals surface area contributed by atoms with Crippen molar-refractivity contribution in [2.45, 2.75) is 19.4 Å². The van der Waals surface area contributed by atoms with Gasteiger partial charge in [-0.25, -0.2) is 9.50 Å². The molecule has 2 aromatic carbocycles. The zero-order chi connectivity index (χ0) is 22.9. The Morgan fingerprint density at radius 1 is 1.03 bits per heavy atom. The topological polar surface area (TPSA) is 70.8 Å². The molecule has 1 saturated heterocycles. The third-order valence-corrected chi connectivity index (χ3v) is 6.21. The molecule has 1 aliphatic heterocycles. The van der Waals surface area contributed by atoms with Crippen LogP contribution in [0.15, 0.2) is 73.2 Å². The fourth-order valence-corrected chi connectivity index (χ4v) is 4.43. The molecule has 33 heavy (non-hydrogen) atoms. The van der Waals surface area contributed by atoms with Crippen LogP contribution in [-0.2, 0) is 11.2 Å². The van der Waals surface area contributed by atoms with Crippen molar-refractivity contribution >= 4 is 17.5 Å². The Kier molecular flexibility index (Phi) is 5.38. The van der Waals surface area contributed by atoms with E-state index in [1.165, 1.54) is 0 Å². The fourth-order valence-electron chi connectivity index (χ4n) is 4.43. The fraction of sp³-hybridized carbons (Fsp3) is 0.231. The van der Waals surface area contributed by atoms with Crippen LogP contribution in [0.5, 0.6) is 0 Å². The summed E-state index contributed by atoms with van der Waals surface area (Å²) < 4.78 is 1.61. The predicted molar refractivity (Wildman–Crippen MR) is 126 cm³/mol. The molecule has 0 bridgehead atoms. The van der Waals surface area contributed by atoms with E-state index in [0.29, 0.717) is 30.7 Å². The Morgan fingerprint density at radius 3 is 2.61 bits per heavy atom. The molecular formula is C26H25N5O2. The molecular weight excluding hydrogens is 414 g/mol. The lowest BCUT2D eigenvalue weighted by Crippen LogP contribution is -2.58. The van der Waals surface area contributed by atoms with Crippen molar-refractivity contribution in [1.29, 1.82) is 0 Å². The lowest BCUT2D eigenvalue weighted by molar-refractivity contribution is -0.138. The van der Waals surface area contributed by atoms with E-state index in [0.717, 1.165) is 22.3 Å². The van der Waals surface area contributed by atoms with Crippen LogP contribution >= 0.6 is 0 Å². The Morgan fingerprint density at radius 2 is 1.79 bits per heavy atom. The van der Waals surface area contributed by atoms with E-state index < -0.39 is 6.04 Å². The molecule has 7 nitrogen and oxygen atoms in total. The average Bonchev–Trinajstić information content (AvgIpc) is 3.25. The number of carbonyl (C=O) groups is 2. The lowest BCUT2D eigenvalue weighted by atomic mass is 9.93. The van der Waals surface area contributed by atoms with Crippen LogP contribution in [0, 0.1) is 6.92 Å². The first-order valence-corrected chi connectivity index (χ1v) is 11.0. The molecule has 5 rings (SSSR count). The molecule has 2 amide bonds. The Balaban J connectivity index is 1.51. The van der Waals surface area contributed by atoms with Gasteiger partial charge < -0.3 is 9.80 Å². The molecule has 7 heteroatoms. The van der Waals surface area contributed by atoms with Gasteiger partial charge in [0.25, 0.3) is 5.91 Å². The second-order valence-electron chi connectivity index (χ2n) is 8.46. The highest BCUT2D eigenvalue weighted by Crippen LogP contribution is 2.27. The minimum absolute atomic E-state index is 0.0576. The summed E-state index contributed by atoms with van der Waals surface area (Å²) in [5.74, 6) is -0.275. The number of benzene rings is 2. The number of nitrogens with zero attached hydrogens (tertiary/aromatic N) is 5. The monoisotopic (exact) mass is 439 g/mol. The standard InChI is InChI=1S/C26H25N5O2/c1-18-15-27-24-22(16-28-31(24)17-18)25(32)30-13-12-29(2)26(33)23(30)14-20-10-6-7-11-21(20)19-8-4-3-5-9-19/h3-11,15-17,23H,12-14H2,1-2H3/t23-/m1/s1. The molecule has 0 spiro atoms. The zero-order valence-corrected chi connectivity index (χ0v) is 18.7. The van der Waals surface area contributed by atoms with Crippen molar-refractivity contribution in [3.8, 4) is 11.1 Å². The molecule has 3 heterocycles. The van der Waals surface area contributed by atoms with Gasteiger partial charge in [0.05, 0.1) is 6.20 Å². The molecule has 4 aromatic rings. The van der Waals surface area contributed by atoms with Gasteiger partial charge in [0.2, 0.25) is 5.91 Å². The summed E-state index contributed by atoms with van der Waals surface area (Å²) in [4.78, 5) is 34.7. The van der Waals surface area contributed by atoms with Crippen LogP contribution in [0.1, 0.15) is 21.5 Å². The summed E-state index contributed by atoms with van der Waals surface area (Å²) in [6.07, 6.45) is 5.53. The van der Waals surface area contributed by atoms with Gasteiger partial charge in [-0.1, -0.05) is 54.6 Å². The summed E-state index contributed by atoms with van der Waals surface area (Å²) in [6, 6.07) is 17.6. The average molecular weight is 440 g/mol. The molecule has 1 fully saturated rings. The molecule has 0 unspecified atom stereocenters. The second-order valence-corrected chi connectivity index (χ2v) is 8.46. The second kappa shape index (κ2) is 8.50. The van der Waals surface area contributed by atoms with Crippen molar-refractivity contribution in [3.05, 3.63) is 89.9 Å². The predicted octanol–water partition coefficient (Wildman–Crippen LogP) is 3.23. The highest BCUT2D eigenvalue weighted by atomic mass is 16.2. The number of aryl methyl sites for hydroxylation is 1. The number of amides is 2. The number of hydrogen-bond donors (Lipinski definition) is 0. The molecule has 0 N–H and O–H groups in total. The van der Waals surface area contributed by atoms with Crippen molar-refractivity contribution in [1.82, 2.24) is 24.4 Å². The van der Waals surface area contributed by atoms with E-state index in [2.05, 4.69) is 28.3 Å². The number of likely N-dealkylation sites (N-methyl/N-ethyl adjacent to an activating group) is 1. The van der Waals surface area contributed by atoms with Crippen LogP contribution in [0.4, 0.5) is 0 Å². The van der Waals surface area contributed by atoms with Crippen molar-refractivity contribution in [2.75, 3.05) is 20.1 Å². The Bertz CT molecular complexity index is 1330. The first-order chi connectivity index (χ1) is 16.0. The molecule has 1 aliphatic rings. The largest absolute Gasteiger partial charge is 0.342 e. The molecule has 2 aromatic heterocycles. The maximum absolute atomic E-state index is 13.6. The van der Waals surface area contributed by atoms with Gasteiger partial charge in [-0.2, -0.15) is 5.10 Å². The highest BCUT2D eigenvalue weighted by molar-refractivity contribution is 6.02. The Hall–Kier alpha value is -4.00. The smallest absolute Gasteiger partial charge is 0.260 e. The van der Waals surface area contributed by atoms with E-state index in [-0.39, 0.29) is 11.8 Å². The van der Waals surface area contributed by atoms with Crippen LogP contribution in [-0.4, -0.2) is 62.4 Å². The molecule has 0 saturated carbocycles. The minimum atomic E-state index is -0.596. The Labute approximate surface area is 192 Å². The maximum atomic E-state index is 13.6. The third-order valence-electron chi connectivity index (χ3n) is 6.21. The van der Waals surface area contributed by atoms with Gasteiger partial charge in [-0.15, -0.1) is 0 Å². The summed E-state index contributed by atoms with van der Waals surface area (Å²) in [7, 11) is 1.79. The van der Waals surface area contributed by atoms with Gasteiger partial charge in [0, 0.05) is 39.0 Å². The molecule has 0 aliphatic carbocycles. The number of aromatic nitrogens is 3. The highest BCUT2D eigenvalue weighted by Gasteiger charge is 2.37. The van der Waals surface area contributed by atoms with Gasteiger partial charge in [0.1, 0.15) is 11.6 Å². The summed E-state index contributed by atoms with van der Waals surface area (Å²) in [5.41, 5.74) is 5.05. The molecule has 1 atom stereocenters. The molecule has 0 radical (unpaired) electrons. The number of hydrogen-bond acceptors (Lipinski definition) is 4. The number of rotatable bonds is 4. The van der Waals surface area contributed by atoms with Gasteiger partial charge in [0.15, 0.2) is 5.65 Å². The number of carbonyl (C=O) groups excluding carboxylic acids is 2. The van der Waals surface area contributed by atoms with Crippen molar-refractivity contribution < 1.29 is 9.59 Å². The quantitative estimate of drug-likeness (QED) is 0.490. The van der Waals surface area contributed by atoms with E-state index in [9.17, 15) is 9.59 Å². The summed E-state index contributed by atoms with van der Waals surface area (Å²) in [6.45, 7) is 2.88. The molecule has 166 valence electrons.